The van der Waals surface area contributed by atoms with Crippen molar-refractivity contribution in [2.24, 2.45) is 0 Å². The van der Waals surface area contributed by atoms with Crippen molar-refractivity contribution in [2.75, 3.05) is 13.2 Å². The first-order valence-corrected chi connectivity index (χ1v) is 6.59. The largest absolute Gasteiger partial charge is 0.493 e. The van der Waals surface area contributed by atoms with Crippen LogP contribution in [0.3, 0.4) is 0 Å². The van der Waals surface area contributed by atoms with Crippen LogP contribution >= 0.6 is 0 Å². The van der Waals surface area contributed by atoms with E-state index < -0.39 is 29.4 Å². The van der Waals surface area contributed by atoms with E-state index in [0.717, 1.165) is 12.1 Å². The van der Waals surface area contributed by atoms with Crippen LogP contribution in [-0.2, 0) is 9.59 Å². The van der Waals surface area contributed by atoms with Crippen LogP contribution in [0, 0.1) is 11.6 Å². The van der Waals surface area contributed by atoms with Crippen LogP contribution in [0.15, 0.2) is 12.1 Å². The van der Waals surface area contributed by atoms with Gasteiger partial charge in [-0.3, -0.25) is 14.9 Å². The van der Waals surface area contributed by atoms with E-state index in [1.54, 1.807) is 0 Å². The molecular formula is C14H15F2NO4. The highest BCUT2D eigenvalue weighted by Gasteiger charge is 2.32. The Bertz CT molecular complexity index is 539. The van der Waals surface area contributed by atoms with E-state index in [4.69, 9.17) is 9.84 Å². The Labute approximate surface area is 119 Å². The molecule has 0 aliphatic carbocycles. The van der Waals surface area contributed by atoms with Crippen LogP contribution in [0.25, 0.3) is 0 Å². The molecular weight excluding hydrogens is 284 g/mol. The molecule has 1 fully saturated rings. The molecule has 0 aromatic heterocycles. The number of carbonyl (C=O) groups is 2. The Morgan fingerprint density at radius 3 is 2.52 bits per heavy atom. The summed E-state index contributed by atoms with van der Waals surface area (Å²) in [5, 5.41) is 10.7. The Kier molecular flexibility index (Phi) is 4.85. The number of halogens is 2. The number of nitrogens with one attached hydrogen (secondary N) is 1. The van der Waals surface area contributed by atoms with Crippen molar-refractivity contribution < 1.29 is 28.2 Å². The van der Waals surface area contributed by atoms with Gasteiger partial charge in [0.15, 0.2) is 0 Å². The van der Waals surface area contributed by atoms with Gasteiger partial charge in [-0.25, -0.2) is 8.78 Å². The highest BCUT2D eigenvalue weighted by Crippen LogP contribution is 2.31. The Morgan fingerprint density at radius 2 is 1.95 bits per heavy atom. The van der Waals surface area contributed by atoms with Gasteiger partial charge in [-0.1, -0.05) is 0 Å². The van der Waals surface area contributed by atoms with Crippen LogP contribution in [0.2, 0.25) is 0 Å². The number of hydrogen-bond donors (Lipinski definition) is 2. The summed E-state index contributed by atoms with van der Waals surface area (Å²) < 4.78 is 33.2. The van der Waals surface area contributed by atoms with E-state index in [2.05, 4.69) is 5.32 Å². The molecule has 5 nitrogen and oxygen atoms in total. The molecule has 1 heterocycles. The zero-order valence-corrected chi connectivity index (χ0v) is 11.2. The SMILES string of the molecule is O=C1CC[C@H](c2c(F)cc(OCCCO)cc2F)C(=O)N1. The molecule has 1 atom stereocenters. The van der Waals surface area contributed by atoms with Gasteiger partial charge in [0, 0.05) is 37.1 Å². The summed E-state index contributed by atoms with van der Waals surface area (Å²) in [4.78, 5) is 22.7. The smallest absolute Gasteiger partial charge is 0.234 e. The standard InChI is InChI=1S/C14H15F2NO4/c15-10-6-8(21-5-1-4-18)7-11(16)13(10)9-2-3-12(19)17-14(9)20/h6-7,9,18H,1-5H2,(H,17,19,20)/t9-/m1/s1. The number of imide groups is 1. The third kappa shape index (κ3) is 3.55. The van der Waals surface area contributed by atoms with Crippen molar-refractivity contribution in [1.29, 1.82) is 0 Å². The van der Waals surface area contributed by atoms with Gasteiger partial charge in [0.05, 0.1) is 12.5 Å². The third-order valence-corrected chi connectivity index (χ3v) is 3.21. The average Bonchev–Trinajstić information content (AvgIpc) is 2.41. The fourth-order valence-electron chi connectivity index (χ4n) is 2.20. The van der Waals surface area contributed by atoms with Gasteiger partial charge >= 0.3 is 0 Å². The first-order valence-electron chi connectivity index (χ1n) is 6.59. The van der Waals surface area contributed by atoms with E-state index in [9.17, 15) is 18.4 Å². The summed E-state index contributed by atoms with van der Waals surface area (Å²) in [5.41, 5.74) is -0.352. The van der Waals surface area contributed by atoms with Crippen molar-refractivity contribution in [3.8, 4) is 5.75 Å². The highest BCUT2D eigenvalue weighted by molar-refractivity contribution is 6.00. The maximum absolute atomic E-state index is 14.0. The number of amides is 2. The predicted octanol–water partition coefficient (Wildman–Crippen LogP) is 1.25. The van der Waals surface area contributed by atoms with Crippen molar-refractivity contribution in [1.82, 2.24) is 5.32 Å². The summed E-state index contributed by atoms with van der Waals surface area (Å²) in [7, 11) is 0. The molecule has 1 aromatic rings. The molecule has 1 aliphatic rings. The first-order chi connectivity index (χ1) is 10.0. The number of aliphatic hydroxyl groups excluding tert-OH is 1. The number of carbonyl (C=O) groups excluding carboxylic acids is 2. The van der Waals surface area contributed by atoms with Crippen LogP contribution in [-0.4, -0.2) is 30.1 Å². The lowest BCUT2D eigenvalue weighted by Gasteiger charge is -2.22. The molecule has 0 saturated carbocycles. The second-order valence-corrected chi connectivity index (χ2v) is 4.73. The van der Waals surface area contributed by atoms with Crippen LogP contribution in [0.1, 0.15) is 30.7 Å². The van der Waals surface area contributed by atoms with Gasteiger partial charge in [-0.2, -0.15) is 0 Å². The van der Waals surface area contributed by atoms with E-state index in [1.807, 2.05) is 0 Å². The van der Waals surface area contributed by atoms with Crippen molar-refractivity contribution in [2.45, 2.75) is 25.2 Å². The summed E-state index contributed by atoms with van der Waals surface area (Å²) in [6.45, 7) is 0.0481. The molecule has 1 aromatic carbocycles. The molecule has 21 heavy (non-hydrogen) atoms. The van der Waals surface area contributed by atoms with Gasteiger partial charge in [0.25, 0.3) is 0 Å². The number of ether oxygens (including phenoxy) is 1. The first kappa shape index (κ1) is 15.4. The summed E-state index contributed by atoms with van der Waals surface area (Å²) in [6, 6.07) is 2.00. The Balaban J connectivity index is 2.20. The molecule has 2 rings (SSSR count). The second kappa shape index (κ2) is 6.62. The van der Waals surface area contributed by atoms with E-state index in [-0.39, 0.29) is 37.4 Å². The minimum Gasteiger partial charge on any atom is -0.493 e. The number of hydrogen-bond acceptors (Lipinski definition) is 4. The van der Waals surface area contributed by atoms with Crippen LogP contribution in [0.5, 0.6) is 5.75 Å². The fourth-order valence-corrected chi connectivity index (χ4v) is 2.20. The topological polar surface area (TPSA) is 75.6 Å². The molecule has 2 amide bonds. The molecule has 1 aliphatic heterocycles. The number of aliphatic hydroxyl groups is 1. The third-order valence-electron chi connectivity index (χ3n) is 3.21. The monoisotopic (exact) mass is 299 g/mol. The molecule has 0 bridgehead atoms. The maximum atomic E-state index is 14.0. The van der Waals surface area contributed by atoms with Crippen LogP contribution in [0.4, 0.5) is 8.78 Å². The summed E-state index contributed by atoms with van der Waals surface area (Å²) in [5.74, 6) is -3.94. The van der Waals surface area contributed by atoms with Gasteiger partial charge in [0.1, 0.15) is 17.4 Å². The van der Waals surface area contributed by atoms with E-state index >= 15 is 0 Å². The van der Waals surface area contributed by atoms with E-state index in [1.165, 1.54) is 0 Å². The molecule has 2 N–H and O–H groups in total. The number of rotatable bonds is 5. The Morgan fingerprint density at radius 1 is 1.29 bits per heavy atom. The molecule has 0 spiro atoms. The minimum absolute atomic E-state index is 0.00510. The Hall–Kier alpha value is -2.02. The molecule has 0 unspecified atom stereocenters. The van der Waals surface area contributed by atoms with Gasteiger partial charge in [0.2, 0.25) is 11.8 Å². The maximum Gasteiger partial charge on any atom is 0.234 e. The zero-order valence-electron chi connectivity index (χ0n) is 11.2. The van der Waals surface area contributed by atoms with E-state index in [0.29, 0.717) is 6.42 Å². The lowest BCUT2D eigenvalue weighted by Crippen LogP contribution is -2.40. The van der Waals surface area contributed by atoms with Crippen molar-refractivity contribution in [3.63, 3.8) is 0 Å². The zero-order chi connectivity index (χ0) is 15.4. The van der Waals surface area contributed by atoms with Gasteiger partial charge < -0.3 is 9.84 Å². The average molecular weight is 299 g/mol. The fraction of sp³-hybridized carbons (Fsp3) is 0.429. The quantitative estimate of drug-likeness (QED) is 0.634. The van der Waals surface area contributed by atoms with Crippen molar-refractivity contribution in [3.05, 3.63) is 29.3 Å². The number of piperidine rings is 1. The van der Waals surface area contributed by atoms with Crippen LogP contribution < -0.4 is 10.1 Å². The van der Waals surface area contributed by atoms with Gasteiger partial charge in [-0.15, -0.1) is 0 Å². The number of benzene rings is 1. The van der Waals surface area contributed by atoms with Crippen molar-refractivity contribution >= 4 is 11.8 Å². The normalized spacial score (nSPS) is 18.5. The second-order valence-electron chi connectivity index (χ2n) is 4.73. The molecule has 1 saturated heterocycles. The lowest BCUT2D eigenvalue weighted by atomic mass is 9.89. The molecule has 7 heteroatoms. The van der Waals surface area contributed by atoms with Gasteiger partial charge in [-0.05, 0) is 6.42 Å². The lowest BCUT2D eigenvalue weighted by molar-refractivity contribution is -0.134. The predicted molar refractivity (Wildman–Crippen MR) is 68.7 cm³/mol. The minimum atomic E-state index is -1.02. The summed E-state index contributed by atoms with van der Waals surface area (Å²) >= 11 is 0. The highest BCUT2D eigenvalue weighted by atomic mass is 19.1. The molecule has 114 valence electrons. The summed E-state index contributed by atoms with van der Waals surface area (Å²) in [6.07, 6.45) is 0.464. The molecule has 0 radical (unpaired) electrons.